The van der Waals surface area contributed by atoms with Crippen LogP contribution in [-0.4, -0.2) is 65.8 Å². The molecule has 1 fully saturated rings. The van der Waals surface area contributed by atoms with E-state index in [1.54, 1.807) is 17.9 Å². The summed E-state index contributed by atoms with van der Waals surface area (Å²) in [5.74, 6) is 0.273. The topological polar surface area (TPSA) is 59.1 Å². The summed E-state index contributed by atoms with van der Waals surface area (Å²) in [5, 5.41) is 0. The molecular formula is C21H38N2O4. The van der Waals surface area contributed by atoms with Crippen molar-refractivity contribution in [3.05, 3.63) is 12.7 Å². The van der Waals surface area contributed by atoms with Gasteiger partial charge in [0.2, 0.25) is 0 Å². The van der Waals surface area contributed by atoms with Gasteiger partial charge in [-0.25, -0.2) is 4.79 Å². The number of rotatable bonds is 8. The first-order chi connectivity index (χ1) is 12.5. The van der Waals surface area contributed by atoms with E-state index in [1.807, 2.05) is 39.5 Å². The first-order valence-corrected chi connectivity index (χ1v) is 10.1. The summed E-state index contributed by atoms with van der Waals surface area (Å²) in [6.07, 6.45) is 3.72. The van der Waals surface area contributed by atoms with E-state index in [9.17, 15) is 9.59 Å². The first-order valence-electron chi connectivity index (χ1n) is 10.1. The van der Waals surface area contributed by atoms with Crippen LogP contribution in [0.1, 0.15) is 60.8 Å². The normalized spacial score (nSPS) is 18.9. The zero-order valence-corrected chi connectivity index (χ0v) is 18.0. The molecule has 0 aromatic heterocycles. The molecule has 0 spiro atoms. The minimum atomic E-state index is -0.517. The molecule has 1 aliphatic heterocycles. The third kappa shape index (κ3) is 8.33. The number of piperidine rings is 1. The van der Waals surface area contributed by atoms with E-state index in [2.05, 4.69) is 6.58 Å². The molecule has 1 rings (SSSR count). The number of likely N-dealkylation sites (tertiary alicyclic amines) is 1. The minimum Gasteiger partial charge on any atom is -0.444 e. The van der Waals surface area contributed by atoms with Gasteiger partial charge < -0.3 is 19.3 Å². The van der Waals surface area contributed by atoms with Crippen molar-refractivity contribution in [2.45, 2.75) is 78.6 Å². The zero-order valence-electron chi connectivity index (χ0n) is 18.0. The molecule has 1 heterocycles. The molecule has 0 aromatic rings. The Morgan fingerprint density at radius 2 is 1.96 bits per heavy atom. The highest BCUT2D eigenvalue weighted by Gasteiger charge is 2.31. The number of hydrogen-bond acceptors (Lipinski definition) is 4. The van der Waals surface area contributed by atoms with Gasteiger partial charge in [-0.15, -0.1) is 6.58 Å². The van der Waals surface area contributed by atoms with Gasteiger partial charge in [-0.1, -0.05) is 6.08 Å². The monoisotopic (exact) mass is 382 g/mol. The second-order valence-electron chi connectivity index (χ2n) is 8.61. The fourth-order valence-electron chi connectivity index (χ4n) is 3.17. The van der Waals surface area contributed by atoms with Crippen molar-refractivity contribution in [3.8, 4) is 0 Å². The van der Waals surface area contributed by atoms with E-state index < -0.39 is 11.7 Å². The molecule has 1 aliphatic rings. The predicted octanol–water partition coefficient (Wildman–Crippen LogP) is 3.85. The van der Waals surface area contributed by atoms with Crippen molar-refractivity contribution in [2.24, 2.45) is 5.92 Å². The molecule has 156 valence electrons. The number of carbonyl (C=O) groups is 2. The zero-order chi connectivity index (χ0) is 20.6. The lowest BCUT2D eigenvalue weighted by atomic mass is 9.96. The summed E-state index contributed by atoms with van der Waals surface area (Å²) in [6.45, 7) is 17.6. The Morgan fingerprint density at radius 3 is 2.52 bits per heavy atom. The fraction of sp³-hybridized carbons (Fsp3) is 0.810. The van der Waals surface area contributed by atoms with E-state index in [4.69, 9.17) is 9.47 Å². The summed E-state index contributed by atoms with van der Waals surface area (Å²) in [6, 6.07) is 0.0482. The SMILES string of the molecule is C=CCCO[C@@H](C)C(=O)N1CCC[C@H](CN(C(=O)OC(C)(C)C)C(C)C)C1. The molecule has 6 nitrogen and oxygen atoms in total. The lowest BCUT2D eigenvalue weighted by Gasteiger charge is -2.38. The van der Waals surface area contributed by atoms with Gasteiger partial charge in [-0.3, -0.25) is 4.79 Å². The molecule has 0 radical (unpaired) electrons. The van der Waals surface area contributed by atoms with E-state index >= 15 is 0 Å². The van der Waals surface area contributed by atoms with Crippen LogP contribution in [0.5, 0.6) is 0 Å². The van der Waals surface area contributed by atoms with Crippen LogP contribution in [0.25, 0.3) is 0 Å². The van der Waals surface area contributed by atoms with Gasteiger partial charge >= 0.3 is 6.09 Å². The Kier molecular flexibility index (Phi) is 9.30. The number of nitrogens with zero attached hydrogens (tertiary/aromatic N) is 2. The molecule has 0 aromatic carbocycles. The molecule has 0 N–H and O–H groups in total. The van der Waals surface area contributed by atoms with Gasteiger partial charge in [0.1, 0.15) is 11.7 Å². The van der Waals surface area contributed by atoms with Crippen molar-refractivity contribution in [2.75, 3.05) is 26.2 Å². The van der Waals surface area contributed by atoms with Gasteiger partial charge in [-0.2, -0.15) is 0 Å². The van der Waals surface area contributed by atoms with Gasteiger partial charge in [0, 0.05) is 25.7 Å². The van der Waals surface area contributed by atoms with Crippen LogP contribution in [0.3, 0.4) is 0 Å². The molecule has 0 bridgehead atoms. The molecule has 2 amide bonds. The predicted molar refractivity (Wildman–Crippen MR) is 108 cm³/mol. The quantitative estimate of drug-likeness (QED) is 0.473. The van der Waals surface area contributed by atoms with Crippen molar-refractivity contribution in [1.29, 1.82) is 0 Å². The number of hydrogen-bond donors (Lipinski definition) is 0. The van der Waals surface area contributed by atoms with E-state index in [0.29, 0.717) is 19.7 Å². The lowest BCUT2D eigenvalue weighted by Crippen LogP contribution is -2.49. The second-order valence-corrected chi connectivity index (χ2v) is 8.61. The van der Waals surface area contributed by atoms with Gasteiger partial charge in [0.05, 0.1) is 6.61 Å². The van der Waals surface area contributed by atoms with Crippen molar-refractivity contribution in [3.63, 3.8) is 0 Å². The Morgan fingerprint density at radius 1 is 1.30 bits per heavy atom. The van der Waals surface area contributed by atoms with Gasteiger partial charge in [0.15, 0.2) is 0 Å². The number of ether oxygens (including phenoxy) is 2. The third-order valence-corrected chi connectivity index (χ3v) is 4.57. The summed E-state index contributed by atoms with van der Waals surface area (Å²) < 4.78 is 11.1. The Hall–Kier alpha value is -1.56. The van der Waals surface area contributed by atoms with E-state index in [0.717, 1.165) is 25.8 Å². The highest BCUT2D eigenvalue weighted by molar-refractivity contribution is 5.80. The van der Waals surface area contributed by atoms with Gasteiger partial charge in [-0.05, 0) is 66.7 Å². The van der Waals surface area contributed by atoms with Crippen LogP contribution in [-0.2, 0) is 14.3 Å². The average molecular weight is 383 g/mol. The standard InChI is InChI=1S/C21H38N2O4/c1-8-9-13-26-17(4)19(24)22-12-10-11-18(14-22)15-23(16(2)3)20(25)27-21(5,6)7/h8,16-18H,1,9-15H2,2-7H3/t17-,18-/m0/s1. The fourth-order valence-corrected chi connectivity index (χ4v) is 3.17. The van der Waals surface area contributed by atoms with Crippen LogP contribution in [0.4, 0.5) is 4.79 Å². The summed E-state index contributed by atoms with van der Waals surface area (Å²) >= 11 is 0. The highest BCUT2D eigenvalue weighted by atomic mass is 16.6. The van der Waals surface area contributed by atoms with Crippen LogP contribution in [0, 0.1) is 5.92 Å². The molecule has 0 saturated carbocycles. The van der Waals surface area contributed by atoms with Crippen LogP contribution >= 0.6 is 0 Å². The summed E-state index contributed by atoms with van der Waals surface area (Å²) in [4.78, 5) is 28.8. The molecule has 6 heteroatoms. The number of amides is 2. The average Bonchev–Trinajstić information content (AvgIpc) is 2.57. The minimum absolute atomic E-state index is 0.0251. The number of carbonyl (C=O) groups excluding carboxylic acids is 2. The van der Waals surface area contributed by atoms with Crippen LogP contribution in [0.15, 0.2) is 12.7 Å². The van der Waals surface area contributed by atoms with E-state index in [1.165, 1.54) is 0 Å². The van der Waals surface area contributed by atoms with Crippen LogP contribution in [0.2, 0.25) is 0 Å². The van der Waals surface area contributed by atoms with Crippen molar-refractivity contribution >= 4 is 12.0 Å². The maximum absolute atomic E-state index is 12.6. The lowest BCUT2D eigenvalue weighted by molar-refractivity contribution is -0.144. The Labute approximate surface area is 164 Å². The maximum Gasteiger partial charge on any atom is 0.410 e. The Balaban J connectivity index is 2.65. The molecule has 1 saturated heterocycles. The van der Waals surface area contributed by atoms with Crippen molar-refractivity contribution < 1.29 is 19.1 Å². The Bertz CT molecular complexity index is 499. The largest absolute Gasteiger partial charge is 0.444 e. The van der Waals surface area contributed by atoms with E-state index in [-0.39, 0.29) is 24.0 Å². The summed E-state index contributed by atoms with van der Waals surface area (Å²) in [7, 11) is 0. The summed E-state index contributed by atoms with van der Waals surface area (Å²) in [5.41, 5.74) is -0.517. The molecule has 0 unspecified atom stereocenters. The maximum atomic E-state index is 12.6. The molecule has 0 aliphatic carbocycles. The molecule has 27 heavy (non-hydrogen) atoms. The molecular weight excluding hydrogens is 344 g/mol. The first kappa shape index (κ1) is 23.5. The third-order valence-electron chi connectivity index (χ3n) is 4.57. The van der Waals surface area contributed by atoms with Crippen molar-refractivity contribution in [1.82, 2.24) is 9.80 Å². The highest BCUT2D eigenvalue weighted by Crippen LogP contribution is 2.21. The van der Waals surface area contributed by atoms with Gasteiger partial charge in [0.25, 0.3) is 5.91 Å². The smallest absolute Gasteiger partial charge is 0.410 e. The van der Waals surface area contributed by atoms with Crippen LogP contribution < -0.4 is 0 Å². The molecule has 2 atom stereocenters. The second kappa shape index (κ2) is 10.7.